The number of nitrogens with zero attached hydrogens (tertiary/aromatic N) is 2. The van der Waals surface area contributed by atoms with Crippen LogP contribution in [0.3, 0.4) is 0 Å². The summed E-state index contributed by atoms with van der Waals surface area (Å²) in [5.41, 5.74) is 1.38. The number of aliphatic carboxylic acids is 1. The van der Waals surface area contributed by atoms with Crippen LogP contribution in [-0.4, -0.2) is 24.2 Å². The molecular weight excluding hydrogens is 252 g/mol. The lowest BCUT2D eigenvalue weighted by molar-refractivity contribution is -0.142. The second-order valence-electron chi connectivity index (χ2n) is 4.37. The number of nitriles is 1. The second-order valence-corrected chi connectivity index (χ2v) is 4.81. The zero-order valence-electron chi connectivity index (χ0n) is 9.77. The third kappa shape index (κ3) is 2.57. The van der Waals surface area contributed by atoms with Crippen molar-refractivity contribution in [3.63, 3.8) is 0 Å². The first-order valence-electron chi connectivity index (χ1n) is 5.79. The fourth-order valence-electron chi connectivity index (χ4n) is 2.23. The van der Waals surface area contributed by atoms with E-state index in [2.05, 4.69) is 6.07 Å². The fraction of sp³-hybridized carbons (Fsp3) is 0.385. The van der Waals surface area contributed by atoms with Gasteiger partial charge in [0, 0.05) is 18.1 Å². The minimum absolute atomic E-state index is 0.272. The van der Waals surface area contributed by atoms with Crippen molar-refractivity contribution in [1.29, 1.82) is 5.26 Å². The topological polar surface area (TPSA) is 64.3 Å². The summed E-state index contributed by atoms with van der Waals surface area (Å²) < 4.78 is 0. The van der Waals surface area contributed by atoms with Gasteiger partial charge in [-0.2, -0.15) is 5.26 Å². The summed E-state index contributed by atoms with van der Waals surface area (Å²) in [7, 11) is 0. The van der Waals surface area contributed by atoms with Gasteiger partial charge in [0.2, 0.25) is 0 Å². The van der Waals surface area contributed by atoms with E-state index in [9.17, 15) is 4.79 Å². The van der Waals surface area contributed by atoms with Gasteiger partial charge >= 0.3 is 5.97 Å². The highest BCUT2D eigenvalue weighted by Crippen LogP contribution is 2.28. The van der Waals surface area contributed by atoms with Crippen LogP contribution in [0.4, 0.5) is 5.69 Å². The molecule has 2 rings (SSSR count). The minimum atomic E-state index is -0.735. The summed E-state index contributed by atoms with van der Waals surface area (Å²) >= 11 is 5.94. The lowest BCUT2D eigenvalue weighted by Crippen LogP contribution is -2.36. The first kappa shape index (κ1) is 12.7. The average Bonchev–Trinajstić information content (AvgIpc) is 2.39. The van der Waals surface area contributed by atoms with Crippen LogP contribution in [0.1, 0.15) is 18.4 Å². The van der Waals surface area contributed by atoms with E-state index >= 15 is 0 Å². The zero-order chi connectivity index (χ0) is 13.1. The largest absolute Gasteiger partial charge is 0.481 e. The SMILES string of the molecule is N#Cc1ccc(Cl)cc1N1CCC(C(=O)O)CC1. The van der Waals surface area contributed by atoms with Gasteiger partial charge in [-0.25, -0.2) is 0 Å². The number of benzene rings is 1. The number of hydrogen-bond donors (Lipinski definition) is 1. The highest BCUT2D eigenvalue weighted by molar-refractivity contribution is 6.30. The third-order valence-electron chi connectivity index (χ3n) is 3.27. The van der Waals surface area contributed by atoms with Crippen molar-refractivity contribution in [2.45, 2.75) is 12.8 Å². The van der Waals surface area contributed by atoms with Crippen LogP contribution in [-0.2, 0) is 4.79 Å². The van der Waals surface area contributed by atoms with Crippen molar-refractivity contribution >= 4 is 23.3 Å². The summed E-state index contributed by atoms with van der Waals surface area (Å²) in [5.74, 6) is -1.01. The summed E-state index contributed by atoms with van der Waals surface area (Å²) in [6.45, 7) is 1.29. The molecule has 0 unspecified atom stereocenters. The maximum atomic E-state index is 10.9. The molecule has 4 nitrogen and oxygen atoms in total. The minimum Gasteiger partial charge on any atom is -0.481 e. The number of anilines is 1. The number of halogens is 1. The molecule has 1 N–H and O–H groups in total. The summed E-state index contributed by atoms with van der Waals surface area (Å²) in [6.07, 6.45) is 1.21. The van der Waals surface area contributed by atoms with E-state index in [0.29, 0.717) is 36.5 Å². The number of piperidine rings is 1. The molecule has 1 saturated heterocycles. The van der Waals surface area contributed by atoms with Crippen LogP contribution < -0.4 is 4.90 Å². The third-order valence-corrected chi connectivity index (χ3v) is 3.50. The normalized spacial score (nSPS) is 16.3. The second kappa shape index (κ2) is 5.28. The van der Waals surface area contributed by atoms with E-state index < -0.39 is 5.97 Å². The number of rotatable bonds is 2. The average molecular weight is 265 g/mol. The van der Waals surface area contributed by atoms with Gasteiger partial charge < -0.3 is 10.0 Å². The molecule has 1 heterocycles. The van der Waals surface area contributed by atoms with Crippen LogP contribution in [0, 0.1) is 17.2 Å². The van der Waals surface area contributed by atoms with Crippen molar-refractivity contribution in [3.8, 4) is 6.07 Å². The van der Waals surface area contributed by atoms with Crippen LogP contribution in [0.5, 0.6) is 0 Å². The van der Waals surface area contributed by atoms with Crippen molar-refractivity contribution in [2.75, 3.05) is 18.0 Å². The molecule has 0 saturated carbocycles. The Labute approximate surface area is 110 Å². The van der Waals surface area contributed by atoms with E-state index in [4.69, 9.17) is 22.0 Å². The maximum absolute atomic E-state index is 10.9. The summed E-state index contributed by atoms with van der Waals surface area (Å²) in [6, 6.07) is 7.29. The van der Waals surface area contributed by atoms with E-state index in [1.165, 1.54) is 0 Å². The molecule has 0 bridgehead atoms. The first-order chi connectivity index (χ1) is 8.61. The number of carboxylic acids is 1. The van der Waals surface area contributed by atoms with Gasteiger partial charge in [-0.15, -0.1) is 0 Å². The van der Waals surface area contributed by atoms with Gasteiger partial charge in [0.05, 0.1) is 17.2 Å². The fourth-order valence-corrected chi connectivity index (χ4v) is 2.39. The van der Waals surface area contributed by atoms with Gasteiger partial charge in [-0.1, -0.05) is 11.6 Å². The van der Waals surface area contributed by atoms with Crippen LogP contribution in [0.2, 0.25) is 5.02 Å². The Morgan fingerprint density at radius 1 is 1.44 bits per heavy atom. The maximum Gasteiger partial charge on any atom is 0.306 e. The highest BCUT2D eigenvalue weighted by Gasteiger charge is 2.25. The lowest BCUT2D eigenvalue weighted by atomic mass is 9.96. The number of hydrogen-bond acceptors (Lipinski definition) is 3. The van der Waals surface area contributed by atoms with Gasteiger partial charge in [0.15, 0.2) is 0 Å². The van der Waals surface area contributed by atoms with Crippen LogP contribution in [0.15, 0.2) is 18.2 Å². The number of carboxylic acid groups (broad SMARTS) is 1. The molecule has 1 aromatic carbocycles. The predicted octanol–water partition coefficient (Wildman–Crippen LogP) is 2.51. The van der Waals surface area contributed by atoms with Crippen molar-refractivity contribution in [2.24, 2.45) is 5.92 Å². The Morgan fingerprint density at radius 2 is 2.11 bits per heavy atom. The van der Waals surface area contributed by atoms with Gasteiger partial charge in [0.1, 0.15) is 6.07 Å². The Morgan fingerprint density at radius 3 is 2.67 bits per heavy atom. The van der Waals surface area contributed by atoms with E-state index in [1.54, 1.807) is 18.2 Å². The van der Waals surface area contributed by atoms with Crippen molar-refractivity contribution in [1.82, 2.24) is 0 Å². The molecule has 0 atom stereocenters. The summed E-state index contributed by atoms with van der Waals surface area (Å²) in [5, 5.41) is 18.6. The molecule has 0 amide bonds. The van der Waals surface area contributed by atoms with Crippen molar-refractivity contribution < 1.29 is 9.90 Å². The molecule has 18 heavy (non-hydrogen) atoms. The number of carbonyl (C=O) groups is 1. The molecule has 94 valence electrons. The molecule has 0 radical (unpaired) electrons. The highest BCUT2D eigenvalue weighted by atomic mass is 35.5. The molecule has 5 heteroatoms. The smallest absolute Gasteiger partial charge is 0.306 e. The Hall–Kier alpha value is -1.73. The standard InChI is InChI=1S/C13H13ClN2O2/c14-11-2-1-10(8-15)12(7-11)16-5-3-9(4-6-16)13(17)18/h1-2,7,9H,3-6H2,(H,17,18). The molecule has 0 aliphatic carbocycles. The molecule has 1 aromatic rings. The van der Waals surface area contributed by atoms with E-state index in [0.717, 1.165) is 5.69 Å². The summed E-state index contributed by atoms with van der Waals surface area (Å²) in [4.78, 5) is 12.9. The molecule has 1 aliphatic heterocycles. The lowest BCUT2D eigenvalue weighted by Gasteiger charge is -2.32. The Bertz CT molecular complexity index is 502. The molecular formula is C13H13ClN2O2. The Kier molecular flexibility index (Phi) is 3.73. The van der Waals surface area contributed by atoms with Gasteiger partial charge in [0.25, 0.3) is 0 Å². The molecule has 0 spiro atoms. The van der Waals surface area contributed by atoms with Gasteiger partial charge in [-0.05, 0) is 31.0 Å². The molecule has 1 aliphatic rings. The molecule has 0 aromatic heterocycles. The van der Waals surface area contributed by atoms with E-state index in [1.807, 2.05) is 4.90 Å². The monoisotopic (exact) mass is 264 g/mol. The first-order valence-corrected chi connectivity index (χ1v) is 6.17. The predicted molar refractivity (Wildman–Crippen MR) is 68.7 cm³/mol. The van der Waals surface area contributed by atoms with Crippen LogP contribution in [0.25, 0.3) is 0 Å². The van der Waals surface area contributed by atoms with Crippen LogP contribution >= 0.6 is 11.6 Å². The molecule has 1 fully saturated rings. The van der Waals surface area contributed by atoms with E-state index in [-0.39, 0.29) is 5.92 Å². The van der Waals surface area contributed by atoms with Crippen molar-refractivity contribution in [3.05, 3.63) is 28.8 Å². The quantitative estimate of drug-likeness (QED) is 0.891. The zero-order valence-corrected chi connectivity index (χ0v) is 10.5. The van der Waals surface area contributed by atoms with Gasteiger partial charge in [-0.3, -0.25) is 4.79 Å². The Balaban J connectivity index is 2.17.